The van der Waals surface area contributed by atoms with E-state index in [2.05, 4.69) is 38.2 Å². The number of rotatable bonds is 8. The first-order chi connectivity index (χ1) is 19.1. The van der Waals surface area contributed by atoms with Crippen LogP contribution in [0, 0.1) is 5.92 Å². The van der Waals surface area contributed by atoms with Crippen LogP contribution >= 0.6 is 23.2 Å². The summed E-state index contributed by atoms with van der Waals surface area (Å²) in [6.45, 7) is 6.44. The molecule has 0 spiro atoms. The molecular formula is C32H32Cl2N4O2. The SMILES string of the molecule is CC(C)(C)c1cc(NC(=O)CN(Cc2ccccc2)C(=O)C2CC2c2ccccc2)n(-c2ccc(Cl)c(Cl)c2)n1. The molecule has 2 amide bonds. The van der Waals surface area contributed by atoms with Gasteiger partial charge < -0.3 is 10.2 Å². The van der Waals surface area contributed by atoms with Crippen molar-refractivity contribution in [3.05, 3.63) is 112 Å². The second kappa shape index (κ2) is 11.5. The summed E-state index contributed by atoms with van der Waals surface area (Å²) in [6.07, 6.45) is 0.787. The number of halogens is 2. The van der Waals surface area contributed by atoms with Gasteiger partial charge in [-0.2, -0.15) is 5.10 Å². The van der Waals surface area contributed by atoms with Crippen molar-refractivity contribution in [2.24, 2.45) is 5.92 Å². The molecule has 4 aromatic rings. The van der Waals surface area contributed by atoms with E-state index in [0.29, 0.717) is 28.1 Å². The van der Waals surface area contributed by atoms with E-state index in [1.807, 2.05) is 54.6 Å². The van der Waals surface area contributed by atoms with Gasteiger partial charge in [-0.05, 0) is 41.7 Å². The quantitative estimate of drug-likeness (QED) is 0.241. The zero-order chi connectivity index (χ0) is 28.4. The highest BCUT2D eigenvalue weighted by molar-refractivity contribution is 6.42. The van der Waals surface area contributed by atoms with Crippen molar-refractivity contribution in [2.75, 3.05) is 11.9 Å². The van der Waals surface area contributed by atoms with Gasteiger partial charge in [0, 0.05) is 23.9 Å². The van der Waals surface area contributed by atoms with E-state index in [1.54, 1.807) is 27.8 Å². The molecule has 206 valence electrons. The van der Waals surface area contributed by atoms with Crippen LogP contribution in [0.25, 0.3) is 5.69 Å². The van der Waals surface area contributed by atoms with Gasteiger partial charge >= 0.3 is 0 Å². The lowest BCUT2D eigenvalue weighted by molar-refractivity contribution is -0.136. The fraction of sp³-hybridized carbons (Fsp3) is 0.281. The number of amides is 2. The largest absolute Gasteiger partial charge is 0.329 e. The molecule has 5 rings (SSSR count). The second-order valence-corrected chi connectivity index (χ2v) is 12.1. The number of hydrogen-bond acceptors (Lipinski definition) is 3. The van der Waals surface area contributed by atoms with E-state index in [0.717, 1.165) is 23.2 Å². The zero-order valence-electron chi connectivity index (χ0n) is 22.8. The van der Waals surface area contributed by atoms with Crippen molar-refractivity contribution in [2.45, 2.75) is 45.1 Å². The fourth-order valence-corrected chi connectivity index (χ4v) is 5.08. The monoisotopic (exact) mass is 574 g/mol. The van der Waals surface area contributed by atoms with E-state index in [-0.39, 0.29) is 35.6 Å². The number of benzene rings is 3. The molecule has 0 saturated heterocycles. The number of carbonyl (C=O) groups excluding carboxylic acids is 2. The third-order valence-electron chi connectivity index (χ3n) is 7.09. The summed E-state index contributed by atoms with van der Waals surface area (Å²) in [7, 11) is 0. The molecule has 0 bridgehead atoms. The molecule has 1 heterocycles. The molecule has 2 unspecified atom stereocenters. The standard InChI is InChI=1S/C32H32Cl2N4O2/c1-32(2,3)28-18-29(38(36-28)23-14-15-26(33)27(34)16-23)35-30(39)20-37(19-21-10-6-4-7-11-21)31(40)25-17-24(25)22-12-8-5-9-13-22/h4-16,18,24-25H,17,19-20H2,1-3H3,(H,35,39). The minimum Gasteiger partial charge on any atom is -0.329 e. The van der Waals surface area contributed by atoms with E-state index < -0.39 is 0 Å². The normalized spacial score (nSPS) is 16.4. The summed E-state index contributed by atoms with van der Waals surface area (Å²) in [5.41, 5.74) is 3.34. The predicted octanol–water partition coefficient (Wildman–Crippen LogP) is 7.25. The van der Waals surface area contributed by atoms with E-state index >= 15 is 0 Å². The third-order valence-corrected chi connectivity index (χ3v) is 7.83. The lowest BCUT2D eigenvalue weighted by atomic mass is 9.92. The van der Waals surface area contributed by atoms with Crippen molar-refractivity contribution in [1.82, 2.24) is 14.7 Å². The summed E-state index contributed by atoms with van der Waals surface area (Å²) in [6, 6.07) is 26.9. The van der Waals surface area contributed by atoms with Crippen molar-refractivity contribution in [1.29, 1.82) is 0 Å². The van der Waals surface area contributed by atoms with Crippen LogP contribution in [0.5, 0.6) is 0 Å². The molecule has 0 radical (unpaired) electrons. The van der Waals surface area contributed by atoms with Crippen LogP contribution in [-0.2, 0) is 21.5 Å². The fourth-order valence-electron chi connectivity index (χ4n) is 4.79. The van der Waals surface area contributed by atoms with Gasteiger partial charge in [0.15, 0.2) is 0 Å². The summed E-state index contributed by atoms with van der Waals surface area (Å²) in [4.78, 5) is 28.8. The molecule has 8 heteroatoms. The summed E-state index contributed by atoms with van der Waals surface area (Å²) in [5, 5.41) is 8.58. The minimum atomic E-state index is -0.303. The topological polar surface area (TPSA) is 67.2 Å². The van der Waals surface area contributed by atoms with Crippen LogP contribution in [-0.4, -0.2) is 33.0 Å². The van der Waals surface area contributed by atoms with Gasteiger partial charge in [0.2, 0.25) is 11.8 Å². The van der Waals surface area contributed by atoms with Gasteiger partial charge in [0.25, 0.3) is 0 Å². The average molecular weight is 576 g/mol. The molecule has 1 saturated carbocycles. The highest BCUT2D eigenvalue weighted by Gasteiger charge is 2.46. The molecule has 2 atom stereocenters. The van der Waals surface area contributed by atoms with Gasteiger partial charge in [-0.25, -0.2) is 4.68 Å². The Hall–Kier alpha value is -3.61. The highest BCUT2D eigenvalue weighted by atomic mass is 35.5. The molecule has 40 heavy (non-hydrogen) atoms. The molecule has 3 aromatic carbocycles. The summed E-state index contributed by atoms with van der Waals surface area (Å²) >= 11 is 12.4. The molecular weight excluding hydrogens is 543 g/mol. The molecule has 1 aliphatic rings. The Morgan fingerprint density at radius 2 is 1.62 bits per heavy atom. The lowest BCUT2D eigenvalue weighted by Gasteiger charge is -2.23. The van der Waals surface area contributed by atoms with E-state index in [9.17, 15) is 9.59 Å². The maximum atomic E-state index is 13.7. The van der Waals surface area contributed by atoms with Crippen molar-refractivity contribution in [3.8, 4) is 5.69 Å². The van der Waals surface area contributed by atoms with Crippen molar-refractivity contribution in [3.63, 3.8) is 0 Å². The summed E-state index contributed by atoms with van der Waals surface area (Å²) in [5.74, 6) is 0.228. The van der Waals surface area contributed by atoms with Crippen LogP contribution in [0.1, 0.15) is 49.9 Å². The van der Waals surface area contributed by atoms with Gasteiger partial charge in [0.1, 0.15) is 12.4 Å². The lowest BCUT2D eigenvalue weighted by Crippen LogP contribution is -2.39. The van der Waals surface area contributed by atoms with Crippen LogP contribution in [0.4, 0.5) is 5.82 Å². The Kier molecular flexibility index (Phi) is 8.02. The van der Waals surface area contributed by atoms with Crippen molar-refractivity contribution < 1.29 is 9.59 Å². The van der Waals surface area contributed by atoms with Crippen LogP contribution in [0.15, 0.2) is 84.9 Å². The maximum Gasteiger partial charge on any atom is 0.245 e. The van der Waals surface area contributed by atoms with Gasteiger partial charge in [-0.15, -0.1) is 0 Å². The summed E-state index contributed by atoms with van der Waals surface area (Å²) < 4.78 is 1.65. The van der Waals surface area contributed by atoms with Gasteiger partial charge in [0.05, 0.1) is 21.4 Å². The maximum absolute atomic E-state index is 13.7. The van der Waals surface area contributed by atoms with Gasteiger partial charge in [-0.1, -0.05) is 105 Å². The Balaban J connectivity index is 1.38. The van der Waals surface area contributed by atoms with Crippen LogP contribution in [0.2, 0.25) is 10.0 Å². The Morgan fingerprint density at radius 3 is 2.27 bits per heavy atom. The first-order valence-electron chi connectivity index (χ1n) is 13.3. The Labute approximate surface area is 244 Å². The first-order valence-corrected chi connectivity index (χ1v) is 14.1. The number of nitrogens with one attached hydrogen (secondary N) is 1. The van der Waals surface area contributed by atoms with E-state index in [1.165, 1.54) is 0 Å². The second-order valence-electron chi connectivity index (χ2n) is 11.3. The number of anilines is 1. The Morgan fingerprint density at radius 1 is 0.950 bits per heavy atom. The van der Waals surface area contributed by atoms with Gasteiger partial charge in [-0.3, -0.25) is 9.59 Å². The molecule has 6 nitrogen and oxygen atoms in total. The highest BCUT2D eigenvalue weighted by Crippen LogP contribution is 2.48. The zero-order valence-corrected chi connectivity index (χ0v) is 24.3. The number of hydrogen-bond donors (Lipinski definition) is 1. The minimum absolute atomic E-state index is 0.0128. The number of carbonyl (C=O) groups is 2. The molecule has 0 aliphatic heterocycles. The average Bonchev–Trinajstić information content (AvgIpc) is 3.62. The first kappa shape index (κ1) is 27.9. The number of nitrogens with zero attached hydrogens (tertiary/aromatic N) is 3. The Bertz CT molecular complexity index is 1510. The molecule has 1 aliphatic carbocycles. The number of aromatic nitrogens is 2. The van der Waals surface area contributed by atoms with E-state index in [4.69, 9.17) is 28.3 Å². The molecule has 1 fully saturated rings. The smallest absolute Gasteiger partial charge is 0.245 e. The van der Waals surface area contributed by atoms with Crippen LogP contribution in [0.3, 0.4) is 0 Å². The molecule has 1 aromatic heterocycles. The van der Waals surface area contributed by atoms with Crippen LogP contribution < -0.4 is 5.32 Å². The molecule has 1 N–H and O–H groups in total. The van der Waals surface area contributed by atoms with Crippen molar-refractivity contribution >= 4 is 40.8 Å². The third kappa shape index (κ3) is 6.40. The predicted molar refractivity (Wildman–Crippen MR) is 160 cm³/mol.